The van der Waals surface area contributed by atoms with Crippen molar-refractivity contribution >= 4 is 17.9 Å². The first kappa shape index (κ1) is 51.9. The highest BCUT2D eigenvalue weighted by Gasteiger charge is 2.19. The van der Waals surface area contributed by atoms with Gasteiger partial charge in [-0.2, -0.15) is 0 Å². The Morgan fingerprint density at radius 2 is 0.782 bits per heavy atom. The van der Waals surface area contributed by atoms with Crippen molar-refractivity contribution in [3.05, 3.63) is 72.9 Å². The topological polar surface area (TPSA) is 78.9 Å². The van der Waals surface area contributed by atoms with Crippen molar-refractivity contribution in [3.63, 3.8) is 0 Å². The van der Waals surface area contributed by atoms with Gasteiger partial charge in [-0.05, 0) is 57.8 Å². The number of hydrogen-bond donors (Lipinski definition) is 0. The Hall–Kier alpha value is -3.15. The number of unbranched alkanes of at least 4 members (excludes halogenated alkanes) is 17. The zero-order valence-electron chi connectivity index (χ0n) is 35.7. The summed E-state index contributed by atoms with van der Waals surface area (Å²) < 4.78 is 16.5. The van der Waals surface area contributed by atoms with Crippen LogP contribution in [0.4, 0.5) is 0 Å². The number of hydrogen-bond acceptors (Lipinski definition) is 6. The molecule has 0 fully saturated rings. The molecule has 6 nitrogen and oxygen atoms in total. The fourth-order valence-electron chi connectivity index (χ4n) is 5.94. The van der Waals surface area contributed by atoms with Crippen LogP contribution in [0.3, 0.4) is 0 Å². The van der Waals surface area contributed by atoms with Crippen LogP contribution >= 0.6 is 0 Å². The number of allylic oxidation sites excluding steroid dienone is 11. The highest BCUT2D eigenvalue weighted by Crippen LogP contribution is 2.15. The minimum Gasteiger partial charge on any atom is -0.462 e. The summed E-state index contributed by atoms with van der Waals surface area (Å²) in [6.07, 6.45) is 53.7. The Balaban J connectivity index is 4.40. The van der Waals surface area contributed by atoms with E-state index >= 15 is 0 Å². The molecule has 6 heteroatoms. The Labute approximate surface area is 338 Å². The summed E-state index contributed by atoms with van der Waals surface area (Å²) in [5.41, 5.74) is 0. The van der Waals surface area contributed by atoms with E-state index in [1.54, 1.807) is 6.08 Å². The first-order valence-corrected chi connectivity index (χ1v) is 22.4. The maximum Gasteiger partial charge on any atom is 0.309 e. The lowest BCUT2D eigenvalue weighted by Crippen LogP contribution is -2.30. The molecule has 0 aliphatic carbocycles. The van der Waals surface area contributed by atoms with Crippen molar-refractivity contribution in [1.29, 1.82) is 0 Å². The molecule has 1 unspecified atom stereocenters. The predicted octanol–water partition coefficient (Wildman–Crippen LogP) is 14.3. The van der Waals surface area contributed by atoms with Gasteiger partial charge < -0.3 is 14.2 Å². The van der Waals surface area contributed by atoms with Crippen molar-refractivity contribution in [2.75, 3.05) is 13.2 Å². The summed E-state index contributed by atoms with van der Waals surface area (Å²) >= 11 is 0. The van der Waals surface area contributed by atoms with Crippen molar-refractivity contribution in [1.82, 2.24) is 0 Å². The summed E-state index contributed by atoms with van der Waals surface area (Å²) in [5.74, 6) is -1.11. The fourth-order valence-corrected chi connectivity index (χ4v) is 5.94. The van der Waals surface area contributed by atoms with Crippen LogP contribution in [0, 0.1) is 0 Å². The van der Waals surface area contributed by atoms with E-state index in [2.05, 4.69) is 81.5 Å². The molecular weight excluding hydrogens is 685 g/mol. The molecule has 0 saturated carbocycles. The largest absolute Gasteiger partial charge is 0.462 e. The van der Waals surface area contributed by atoms with Gasteiger partial charge in [0.25, 0.3) is 0 Å². The molecule has 0 aliphatic rings. The Kier molecular flexibility index (Phi) is 41.1. The van der Waals surface area contributed by atoms with Gasteiger partial charge in [-0.1, -0.05) is 196 Å². The van der Waals surface area contributed by atoms with Crippen LogP contribution in [0.25, 0.3) is 0 Å². The van der Waals surface area contributed by atoms with Crippen molar-refractivity contribution in [2.24, 2.45) is 0 Å². The van der Waals surface area contributed by atoms with Gasteiger partial charge in [0.15, 0.2) is 6.10 Å². The van der Waals surface area contributed by atoms with Crippen LogP contribution in [0.5, 0.6) is 0 Å². The van der Waals surface area contributed by atoms with Gasteiger partial charge in [-0.15, -0.1) is 0 Å². The van der Waals surface area contributed by atoms with E-state index in [1.165, 1.54) is 89.9 Å². The standard InChI is InChI=1S/C49H82O6/c1-4-7-10-13-16-19-21-22-23-24-25-26-28-30-33-36-39-42-48(51)54-45-46(44-53-47(50)41-38-35-32-29-18-15-12-9-6-3)55-49(52)43-40-37-34-31-27-20-17-14-11-8-5-2/h8-9,11-12,17-18,20,29,31,34-35,38,46H,4-7,10,13-16,19,21-28,30,32-33,36-37,39-45H2,1-3H3/b11-8-,12-9-,20-17-,29-18-,34-31-,38-35-. The van der Waals surface area contributed by atoms with Gasteiger partial charge in [0, 0.05) is 12.8 Å². The first-order chi connectivity index (χ1) is 27.0. The lowest BCUT2D eigenvalue weighted by atomic mass is 10.0. The molecule has 0 radical (unpaired) electrons. The molecule has 0 aromatic carbocycles. The van der Waals surface area contributed by atoms with Crippen LogP contribution in [-0.2, 0) is 28.6 Å². The van der Waals surface area contributed by atoms with E-state index in [9.17, 15) is 14.4 Å². The molecule has 0 aromatic heterocycles. The molecule has 0 N–H and O–H groups in total. The van der Waals surface area contributed by atoms with E-state index < -0.39 is 12.1 Å². The van der Waals surface area contributed by atoms with Gasteiger partial charge in [0.05, 0.1) is 6.42 Å². The minimum atomic E-state index is -0.832. The molecule has 0 aromatic rings. The van der Waals surface area contributed by atoms with E-state index in [-0.39, 0.29) is 38.0 Å². The monoisotopic (exact) mass is 767 g/mol. The van der Waals surface area contributed by atoms with Gasteiger partial charge in [0.2, 0.25) is 0 Å². The number of rotatable bonds is 39. The molecule has 0 rings (SSSR count). The molecule has 55 heavy (non-hydrogen) atoms. The lowest BCUT2D eigenvalue weighted by Gasteiger charge is -2.18. The molecule has 0 bridgehead atoms. The Bertz CT molecular complexity index is 1070. The van der Waals surface area contributed by atoms with Gasteiger partial charge >= 0.3 is 17.9 Å². The van der Waals surface area contributed by atoms with Crippen LogP contribution in [0.15, 0.2) is 72.9 Å². The van der Waals surface area contributed by atoms with E-state index in [4.69, 9.17) is 14.2 Å². The molecule has 1 atom stereocenters. The van der Waals surface area contributed by atoms with Crippen molar-refractivity contribution in [3.8, 4) is 0 Å². The second kappa shape index (κ2) is 43.6. The minimum absolute atomic E-state index is 0.121. The first-order valence-electron chi connectivity index (χ1n) is 22.4. The van der Waals surface area contributed by atoms with Crippen LogP contribution in [0.2, 0.25) is 0 Å². The average molecular weight is 767 g/mol. The second-order valence-electron chi connectivity index (χ2n) is 14.6. The summed E-state index contributed by atoms with van der Waals surface area (Å²) in [6, 6.07) is 0. The quantitative estimate of drug-likeness (QED) is 0.0268. The highest BCUT2D eigenvalue weighted by molar-refractivity contribution is 5.72. The third-order valence-corrected chi connectivity index (χ3v) is 9.24. The molecule has 0 amide bonds. The molecule has 0 saturated heterocycles. The molecule has 0 heterocycles. The van der Waals surface area contributed by atoms with Crippen LogP contribution in [0.1, 0.15) is 201 Å². The number of carbonyl (C=O) groups excluding carboxylic acids is 3. The maximum atomic E-state index is 12.6. The zero-order chi connectivity index (χ0) is 40.1. The van der Waals surface area contributed by atoms with E-state index in [0.29, 0.717) is 12.8 Å². The summed E-state index contributed by atoms with van der Waals surface area (Å²) in [5, 5.41) is 0. The lowest BCUT2D eigenvalue weighted by molar-refractivity contribution is -0.166. The summed E-state index contributed by atoms with van der Waals surface area (Å²) in [7, 11) is 0. The molecule has 0 spiro atoms. The normalized spacial score (nSPS) is 12.7. The SMILES string of the molecule is CC/C=C\C/C=C\C/C=C\CCCC(=O)OC(COC(=O)C/C=C\C/C=C\C/C=C\CC)COC(=O)CCCCCCCCCCCCCCCCCCC. The van der Waals surface area contributed by atoms with E-state index in [1.807, 2.05) is 6.08 Å². The van der Waals surface area contributed by atoms with Crippen LogP contribution in [-0.4, -0.2) is 37.2 Å². The van der Waals surface area contributed by atoms with Crippen molar-refractivity contribution in [2.45, 2.75) is 207 Å². The van der Waals surface area contributed by atoms with E-state index in [0.717, 1.165) is 64.2 Å². The molecule has 314 valence electrons. The average Bonchev–Trinajstić information content (AvgIpc) is 3.18. The van der Waals surface area contributed by atoms with Crippen molar-refractivity contribution < 1.29 is 28.6 Å². The zero-order valence-corrected chi connectivity index (χ0v) is 35.7. The predicted molar refractivity (Wildman–Crippen MR) is 233 cm³/mol. The smallest absolute Gasteiger partial charge is 0.309 e. The fraction of sp³-hybridized carbons (Fsp3) is 0.694. The van der Waals surface area contributed by atoms with Crippen LogP contribution < -0.4 is 0 Å². The third-order valence-electron chi connectivity index (χ3n) is 9.24. The number of carbonyl (C=O) groups is 3. The number of ether oxygens (including phenoxy) is 3. The third kappa shape index (κ3) is 41.8. The second-order valence-corrected chi connectivity index (χ2v) is 14.6. The summed E-state index contributed by atoms with van der Waals surface area (Å²) in [4.78, 5) is 37.5. The Morgan fingerprint density at radius 3 is 1.25 bits per heavy atom. The number of esters is 3. The summed E-state index contributed by atoms with van der Waals surface area (Å²) in [6.45, 7) is 6.24. The van der Waals surface area contributed by atoms with Gasteiger partial charge in [0.1, 0.15) is 13.2 Å². The molecule has 0 aliphatic heterocycles. The molecular formula is C49H82O6. The van der Waals surface area contributed by atoms with Gasteiger partial charge in [-0.25, -0.2) is 0 Å². The Morgan fingerprint density at radius 1 is 0.400 bits per heavy atom. The van der Waals surface area contributed by atoms with Gasteiger partial charge in [-0.3, -0.25) is 14.4 Å². The highest BCUT2D eigenvalue weighted by atomic mass is 16.6. The maximum absolute atomic E-state index is 12.6.